The average molecular weight is 440 g/mol. The van der Waals surface area contributed by atoms with Crippen LogP contribution in [-0.4, -0.2) is 58.5 Å². The van der Waals surface area contributed by atoms with Crippen LogP contribution in [0.15, 0.2) is 4.99 Å². The van der Waals surface area contributed by atoms with E-state index in [1.807, 2.05) is 0 Å². The average Bonchev–Trinajstić information content (AvgIpc) is 2.59. The SMILES string of the molecule is FC(F)(F)C1(F)N=C(N2C(F)(F)C(F)(F)C(F)(F)C2(F)F)C(F)(F)C1(F)F. The lowest BCUT2D eigenvalue weighted by atomic mass is 10.0. The van der Waals surface area contributed by atoms with Gasteiger partial charge >= 0.3 is 47.8 Å². The van der Waals surface area contributed by atoms with Gasteiger partial charge in [0.15, 0.2) is 5.84 Å². The van der Waals surface area contributed by atoms with E-state index in [9.17, 15) is 70.2 Å². The maximum absolute atomic E-state index is 13.5. The standard InChI is InChI=1S/C9F16N2/c10-2(11)1(26-6(18,3(2,12)13)7(19,20)21)27-8(22,23)4(14,15)5(16,17)9(27,24)25. The fourth-order valence-electron chi connectivity index (χ4n) is 2.17. The van der Waals surface area contributed by atoms with Gasteiger partial charge in [-0.3, -0.25) is 0 Å². The van der Waals surface area contributed by atoms with Gasteiger partial charge in [0.25, 0.3) is 0 Å². The molecule has 1 unspecified atom stereocenters. The lowest BCUT2D eigenvalue weighted by Gasteiger charge is -2.33. The molecule has 0 N–H and O–H groups in total. The molecule has 158 valence electrons. The Bertz CT molecular complexity index is 662. The van der Waals surface area contributed by atoms with Crippen LogP contribution in [0.4, 0.5) is 70.2 Å². The molecule has 2 aliphatic heterocycles. The van der Waals surface area contributed by atoms with Crippen molar-refractivity contribution < 1.29 is 70.2 Å². The van der Waals surface area contributed by atoms with Crippen molar-refractivity contribution in [3.63, 3.8) is 0 Å². The predicted molar refractivity (Wildman–Crippen MR) is 48.8 cm³/mol. The number of hydrogen-bond acceptors (Lipinski definition) is 2. The summed E-state index contributed by atoms with van der Waals surface area (Å²) in [7, 11) is 0. The van der Waals surface area contributed by atoms with E-state index in [0.717, 1.165) is 4.99 Å². The van der Waals surface area contributed by atoms with Gasteiger partial charge < -0.3 is 0 Å². The molecule has 1 atom stereocenters. The van der Waals surface area contributed by atoms with Gasteiger partial charge in [-0.15, -0.1) is 0 Å². The van der Waals surface area contributed by atoms with Crippen molar-refractivity contribution in [3.8, 4) is 0 Å². The summed E-state index contributed by atoms with van der Waals surface area (Å²) < 4.78 is 209. The van der Waals surface area contributed by atoms with Crippen LogP contribution in [0.25, 0.3) is 0 Å². The van der Waals surface area contributed by atoms with Crippen LogP contribution < -0.4 is 0 Å². The minimum atomic E-state index is -7.25. The summed E-state index contributed by atoms with van der Waals surface area (Å²) in [5.41, 5.74) is 0. The first-order chi connectivity index (χ1) is 11.5. The van der Waals surface area contributed by atoms with E-state index in [0.29, 0.717) is 0 Å². The Kier molecular flexibility index (Phi) is 3.74. The second-order valence-electron chi connectivity index (χ2n) is 5.27. The van der Waals surface area contributed by atoms with E-state index in [1.54, 1.807) is 0 Å². The first kappa shape index (κ1) is 21.6. The first-order valence-corrected chi connectivity index (χ1v) is 5.89. The highest BCUT2D eigenvalue weighted by molar-refractivity contribution is 5.94. The minimum absolute atomic E-state index is 0.725. The zero-order valence-electron chi connectivity index (χ0n) is 11.4. The second kappa shape index (κ2) is 4.66. The number of hydrogen-bond donors (Lipinski definition) is 0. The molecule has 0 saturated carbocycles. The van der Waals surface area contributed by atoms with Crippen molar-refractivity contribution in [3.05, 3.63) is 0 Å². The number of alkyl halides is 16. The molecule has 2 nitrogen and oxygen atoms in total. The van der Waals surface area contributed by atoms with Crippen molar-refractivity contribution in [2.75, 3.05) is 0 Å². The van der Waals surface area contributed by atoms with Crippen molar-refractivity contribution in [2.24, 2.45) is 4.99 Å². The molecule has 2 aliphatic rings. The van der Waals surface area contributed by atoms with Crippen LogP contribution in [0.2, 0.25) is 0 Å². The quantitative estimate of drug-likeness (QED) is 0.395. The normalized spacial score (nSPS) is 35.3. The molecule has 27 heavy (non-hydrogen) atoms. The summed E-state index contributed by atoms with van der Waals surface area (Å²) in [6, 6.07) is -14.3. The Hall–Kier alpha value is -1.65. The van der Waals surface area contributed by atoms with E-state index in [-0.39, 0.29) is 0 Å². The van der Waals surface area contributed by atoms with Gasteiger partial charge in [-0.1, -0.05) is 0 Å². The molecule has 2 rings (SSSR count). The lowest BCUT2D eigenvalue weighted by Crippen LogP contribution is -2.63. The molecule has 1 saturated heterocycles. The Balaban J connectivity index is 2.86. The monoisotopic (exact) mass is 440 g/mol. The molecule has 1 fully saturated rings. The highest BCUT2D eigenvalue weighted by Crippen LogP contribution is 2.66. The van der Waals surface area contributed by atoms with Gasteiger partial charge in [0, 0.05) is 0 Å². The Labute approximate surface area is 135 Å². The van der Waals surface area contributed by atoms with Gasteiger partial charge in [0.05, 0.1) is 0 Å². The van der Waals surface area contributed by atoms with Crippen LogP contribution >= 0.6 is 0 Å². The van der Waals surface area contributed by atoms with Crippen LogP contribution in [0.1, 0.15) is 0 Å². The number of amidine groups is 1. The molecular formula is C9F16N2. The van der Waals surface area contributed by atoms with E-state index < -0.39 is 58.5 Å². The largest absolute Gasteiger partial charge is 0.450 e. The molecule has 0 spiro atoms. The summed E-state index contributed by atoms with van der Waals surface area (Å²) in [5, 5.41) is 0. The van der Waals surface area contributed by atoms with Crippen molar-refractivity contribution in [1.82, 2.24) is 4.90 Å². The summed E-state index contributed by atoms with van der Waals surface area (Å²) in [6.45, 7) is 0. The van der Waals surface area contributed by atoms with Crippen LogP contribution in [0, 0.1) is 0 Å². The van der Waals surface area contributed by atoms with Gasteiger partial charge in [-0.25, -0.2) is 14.3 Å². The predicted octanol–water partition coefficient (Wildman–Crippen LogP) is 4.67. The van der Waals surface area contributed by atoms with Crippen molar-refractivity contribution >= 4 is 5.84 Å². The van der Waals surface area contributed by atoms with E-state index in [1.165, 1.54) is 0 Å². The number of halogens is 16. The smallest absolute Gasteiger partial charge is 0.224 e. The van der Waals surface area contributed by atoms with Gasteiger partial charge in [-0.2, -0.15) is 65.9 Å². The fourth-order valence-corrected chi connectivity index (χ4v) is 2.17. The maximum atomic E-state index is 13.5. The molecule has 0 aromatic rings. The van der Waals surface area contributed by atoms with Gasteiger partial charge in [0.1, 0.15) is 0 Å². The summed E-state index contributed by atoms with van der Waals surface area (Å²) in [5.74, 6) is -40.0. The molecule has 0 aromatic heterocycles. The fraction of sp³-hybridized carbons (Fsp3) is 0.889. The highest BCUT2D eigenvalue weighted by atomic mass is 19.4. The van der Waals surface area contributed by atoms with Crippen LogP contribution in [-0.2, 0) is 0 Å². The minimum Gasteiger partial charge on any atom is -0.224 e. The number of aliphatic imine (C=N–C) groups is 1. The third kappa shape index (κ3) is 1.93. The van der Waals surface area contributed by atoms with Crippen molar-refractivity contribution in [2.45, 2.75) is 47.8 Å². The van der Waals surface area contributed by atoms with Gasteiger partial charge in [0.2, 0.25) is 0 Å². The lowest BCUT2D eigenvalue weighted by molar-refractivity contribution is -0.327. The summed E-state index contributed by atoms with van der Waals surface area (Å²) >= 11 is 0. The zero-order chi connectivity index (χ0) is 21.9. The highest BCUT2D eigenvalue weighted by Gasteiger charge is 2.97. The number of likely N-dealkylation sites (tertiary alicyclic amines) is 1. The summed E-state index contributed by atoms with van der Waals surface area (Å²) in [6.07, 6.45) is -7.17. The van der Waals surface area contributed by atoms with Gasteiger partial charge in [-0.05, 0) is 0 Å². The molecule has 0 radical (unpaired) electrons. The Morgan fingerprint density at radius 2 is 0.926 bits per heavy atom. The van der Waals surface area contributed by atoms with E-state index in [4.69, 9.17) is 0 Å². The van der Waals surface area contributed by atoms with E-state index in [2.05, 4.69) is 0 Å². The molecule has 0 bridgehead atoms. The zero-order valence-corrected chi connectivity index (χ0v) is 11.4. The van der Waals surface area contributed by atoms with Crippen LogP contribution in [0.5, 0.6) is 0 Å². The third-order valence-electron chi connectivity index (χ3n) is 3.65. The van der Waals surface area contributed by atoms with Crippen molar-refractivity contribution in [1.29, 1.82) is 0 Å². The van der Waals surface area contributed by atoms with E-state index >= 15 is 0 Å². The molecule has 18 heteroatoms. The molecular weight excluding hydrogens is 440 g/mol. The summed E-state index contributed by atoms with van der Waals surface area (Å²) in [4.78, 5) is -2.69. The molecule has 2 heterocycles. The third-order valence-corrected chi connectivity index (χ3v) is 3.65. The Morgan fingerprint density at radius 3 is 1.19 bits per heavy atom. The topological polar surface area (TPSA) is 15.6 Å². The number of rotatable bonds is 0. The van der Waals surface area contributed by atoms with Crippen LogP contribution in [0.3, 0.4) is 0 Å². The molecule has 0 amide bonds. The number of nitrogens with zero attached hydrogens (tertiary/aromatic N) is 2. The molecule has 0 aliphatic carbocycles. The molecule has 0 aromatic carbocycles. The maximum Gasteiger partial charge on any atom is 0.450 e. The first-order valence-electron chi connectivity index (χ1n) is 5.89. The second-order valence-corrected chi connectivity index (χ2v) is 5.27. The Morgan fingerprint density at radius 1 is 0.593 bits per heavy atom.